The van der Waals surface area contributed by atoms with Gasteiger partial charge in [0.15, 0.2) is 0 Å². The van der Waals surface area contributed by atoms with Crippen molar-refractivity contribution in [1.29, 1.82) is 0 Å². The Labute approximate surface area is 123 Å². The van der Waals surface area contributed by atoms with Gasteiger partial charge < -0.3 is 5.73 Å². The Morgan fingerprint density at radius 2 is 2.30 bits per heavy atom. The van der Waals surface area contributed by atoms with Crippen LogP contribution in [0.1, 0.15) is 31.2 Å². The summed E-state index contributed by atoms with van der Waals surface area (Å²) in [5, 5.41) is 0.171. The van der Waals surface area contributed by atoms with Crippen LogP contribution in [0, 0.1) is 11.7 Å². The molecule has 0 bridgehead atoms. The number of likely N-dealkylation sites (tertiary alicyclic amines) is 1. The highest BCUT2D eigenvalue weighted by Gasteiger charge is 2.21. The Morgan fingerprint density at radius 1 is 1.50 bits per heavy atom. The summed E-state index contributed by atoms with van der Waals surface area (Å²) < 4.78 is 13.9. The van der Waals surface area contributed by atoms with E-state index in [0.717, 1.165) is 32.4 Å². The zero-order chi connectivity index (χ0) is 14.5. The van der Waals surface area contributed by atoms with Crippen molar-refractivity contribution in [3.63, 3.8) is 0 Å². The van der Waals surface area contributed by atoms with E-state index in [4.69, 9.17) is 17.3 Å². The number of primary amides is 1. The van der Waals surface area contributed by atoms with Crippen molar-refractivity contribution in [2.24, 2.45) is 11.7 Å². The molecule has 5 heteroatoms. The van der Waals surface area contributed by atoms with E-state index < -0.39 is 0 Å². The van der Waals surface area contributed by atoms with Crippen LogP contribution in [0.15, 0.2) is 18.2 Å². The van der Waals surface area contributed by atoms with Gasteiger partial charge in [0.25, 0.3) is 0 Å². The van der Waals surface area contributed by atoms with E-state index in [2.05, 4.69) is 4.90 Å². The molecule has 1 aromatic rings. The second-order valence-corrected chi connectivity index (χ2v) is 5.87. The van der Waals surface area contributed by atoms with Crippen molar-refractivity contribution in [1.82, 2.24) is 4.90 Å². The average molecular weight is 299 g/mol. The van der Waals surface area contributed by atoms with Gasteiger partial charge in [-0.3, -0.25) is 9.69 Å². The third-order valence-electron chi connectivity index (χ3n) is 3.83. The number of piperidine rings is 1. The highest BCUT2D eigenvalue weighted by Crippen LogP contribution is 2.24. The number of rotatable bonds is 5. The van der Waals surface area contributed by atoms with E-state index in [1.54, 1.807) is 18.2 Å². The molecule has 1 aromatic carbocycles. The van der Waals surface area contributed by atoms with Gasteiger partial charge in [-0.05, 0) is 37.8 Å². The molecule has 0 saturated carbocycles. The number of halogens is 2. The van der Waals surface area contributed by atoms with Gasteiger partial charge in [-0.2, -0.15) is 0 Å². The number of nitrogens with zero attached hydrogens (tertiary/aromatic N) is 1. The second kappa shape index (κ2) is 7.04. The van der Waals surface area contributed by atoms with Crippen LogP contribution < -0.4 is 5.73 Å². The number of carbonyl (C=O) groups is 1. The fourth-order valence-electron chi connectivity index (χ4n) is 2.79. The molecule has 1 saturated heterocycles. The lowest BCUT2D eigenvalue weighted by Crippen LogP contribution is -2.35. The number of hydrogen-bond acceptors (Lipinski definition) is 2. The van der Waals surface area contributed by atoms with Gasteiger partial charge in [-0.25, -0.2) is 4.39 Å². The van der Waals surface area contributed by atoms with E-state index in [1.165, 1.54) is 0 Å². The third-order valence-corrected chi connectivity index (χ3v) is 4.12. The maximum absolute atomic E-state index is 13.9. The summed E-state index contributed by atoms with van der Waals surface area (Å²) in [5.41, 5.74) is 5.82. The van der Waals surface area contributed by atoms with Crippen LogP contribution in [-0.2, 0) is 11.3 Å². The molecule has 2 rings (SSSR count). The monoisotopic (exact) mass is 298 g/mol. The maximum Gasteiger partial charge on any atom is 0.217 e. The topological polar surface area (TPSA) is 46.3 Å². The fraction of sp³-hybridized carbons (Fsp3) is 0.533. The molecule has 2 N–H and O–H groups in total. The molecule has 1 aliphatic heterocycles. The van der Waals surface area contributed by atoms with Crippen molar-refractivity contribution in [3.8, 4) is 0 Å². The molecule has 1 fully saturated rings. The van der Waals surface area contributed by atoms with Crippen LogP contribution in [0.2, 0.25) is 5.02 Å². The SMILES string of the molecule is NC(=O)CC[C@@H]1CCCN(Cc2cccc(Cl)c2F)C1. The van der Waals surface area contributed by atoms with Gasteiger partial charge in [0.1, 0.15) is 5.82 Å². The smallest absolute Gasteiger partial charge is 0.217 e. The molecule has 0 aliphatic carbocycles. The Balaban J connectivity index is 1.92. The van der Waals surface area contributed by atoms with Gasteiger partial charge in [-0.15, -0.1) is 0 Å². The molecule has 1 atom stereocenters. The first-order valence-electron chi connectivity index (χ1n) is 7.00. The van der Waals surface area contributed by atoms with Gasteiger partial charge in [0, 0.05) is 25.1 Å². The molecule has 0 unspecified atom stereocenters. The van der Waals surface area contributed by atoms with Gasteiger partial charge in [0.05, 0.1) is 5.02 Å². The first-order chi connectivity index (χ1) is 9.56. The minimum absolute atomic E-state index is 0.171. The molecule has 20 heavy (non-hydrogen) atoms. The average Bonchev–Trinajstić information content (AvgIpc) is 2.42. The van der Waals surface area contributed by atoms with Crippen LogP contribution in [-0.4, -0.2) is 23.9 Å². The van der Waals surface area contributed by atoms with Crippen LogP contribution in [0.4, 0.5) is 4.39 Å². The van der Waals surface area contributed by atoms with Gasteiger partial charge >= 0.3 is 0 Å². The minimum Gasteiger partial charge on any atom is -0.370 e. The molecular formula is C15H20ClFN2O. The Kier molecular flexibility index (Phi) is 5.38. The maximum atomic E-state index is 13.9. The Bertz CT molecular complexity index is 481. The normalized spacial score (nSPS) is 20.0. The predicted molar refractivity (Wildman–Crippen MR) is 77.8 cm³/mol. The lowest BCUT2D eigenvalue weighted by molar-refractivity contribution is -0.118. The molecular weight excluding hydrogens is 279 g/mol. The van der Waals surface area contributed by atoms with E-state index in [-0.39, 0.29) is 16.7 Å². The molecule has 1 amide bonds. The quantitative estimate of drug-likeness (QED) is 0.908. The highest BCUT2D eigenvalue weighted by molar-refractivity contribution is 6.30. The zero-order valence-corrected chi connectivity index (χ0v) is 12.2. The van der Waals surface area contributed by atoms with E-state index in [0.29, 0.717) is 24.4 Å². The minimum atomic E-state index is -0.326. The van der Waals surface area contributed by atoms with Crippen LogP contribution in [0.3, 0.4) is 0 Å². The fourth-order valence-corrected chi connectivity index (χ4v) is 2.98. The van der Waals surface area contributed by atoms with Crippen molar-refractivity contribution < 1.29 is 9.18 Å². The van der Waals surface area contributed by atoms with Crippen LogP contribution in [0.5, 0.6) is 0 Å². The summed E-state index contributed by atoms with van der Waals surface area (Å²) in [7, 11) is 0. The van der Waals surface area contributed by atoms with E-state index in [9.17, 15) is 9.18 Å². The summed E-state index contributed by atoms with van der Waals surface area (Å²) in [5.74, 6) is -0.102. The van der Waals surface area contributed by atoms with E-state index >= 15 is 0 Å². The second-order valence-electron chi connectivity index (χ2n) is 5.46. The number of hydrogen-bond donors (Lipinski definition) is 1. The predicted octanol–water partition coefficient (Wildman–Crippen LogP) is 2.96. The molecule has 3 nitrogen and oxygen atoms in total. The zero-order valence-electron chi connectivity index (χ0n) is 11.4. The lowest BCUT2D eigenvalue weighted by Gasteiger charge is -2.32. The summed E-state index contributed by atoms with van der Waals surface area (Å²) in [6.07, 6.45) is 3.45. The molecule has 0 radical (unpaired) electrons. The van der Waals surface area contributed by atoms with Crippen LogP contribution >= 0.6 is 11.6 Å². The summed E-state index contributed by atoms with van der Waals surface area (Å²) in [6, 6.07) is 5.11. The standard InChI is InChI=1S/C15H20ClFN2O/c16-13-5-1-4-12(15(13)17)10-19-8-2-3-11(9-19)6-7-14(18)20/h1,4-5,11H,2-3,6-10H2,(H2,18,20)/t11-/m0/s1. The van der Waals surface area contributed by atoms with Crippen LogP contribution in [0.25, 0.3) is 0 Å². The number of nitrogens with two attached hydrogens (primary N) is 1. The Hall–Kier alpha value is -1.13. The summed E-state index contributed by atoms with van der Waals surface area (Å²) in [6.45, 7) is 2.41. The molecule has 0 aromatic heterocycles. The van der Waals surface area contributed by atoms with Crippen molar-refractivity contribution >= 4 is 17.5 Å². The first-order valence-corrected chi connectivity index (χ1v) is 7.37. The van der Waals surface area contributed by atoms with Crippen molar-refractivity contribution in [2.75, 3.05) is 13.1 Å². The van der Waals surface area contributed by atoms with Crippen molar-refractivity contribution in [2.45, 2.75) is 32.2 Å². The first kappa shape index (κ1) is 15.3. The van der Waals surface area contributed by atoms with E-state index in [1.807, 2.05) is 0 Å². The van der Waals surface area contributed by atoms with Gasteiger partial charge in [-0.1, -0.05) is 23.7 Å². The lowest BCUT2D eigenvalue weighted by atomic mass is 9.93. The summed E-state index contributed by atoms with van der Waals surface area (Å²) >= 11 is 5.80. The number of carbonyl (C=O) groups excluding carboxylic acids is 1. The molecule has 1 aliphatic rings. The largest absolute Gasteiger partial charge is 0.370 e. The van der Waals surface area contributed by atoms with Gasteiger partial charge in [0.2, 0.25) is 5.91 Å². The number of amides is 1. The molecule has 0 spiro atoms. The summed E-state index contributed by atoms with van der Waals surface area (Å²) in [4.78, 5) is 13.1. The Morgan fingerprint density at radius 3 is 3.05 bits per heavy atom. The number of benzene rings is 1. The highest BCUT2D eigenvalue weighted by atomic mass is 35.5. The molecule has 110 valence electrons. The third kappa shape index (κ3) is 4.18. The molecule has 1 heterocycles. The van der Waals surface area contributed by atoms with Crippen molar-refractivity contribution in [3.05, 3.63) is 34.6 Å².